The second kappa shape index (κ2) is 12.6. The molecule has 5 heteroatoms. The molecule has 4 fully saturated rings. The molecule has 0 bridgehead atoms. The van der Waals surface area contributed by atoms with Crippen molar-refractivity contribution in [3.8, 4) is 0 Å². The Morgan fingerprint density at radius 1 is 0.528 bits per heavy atom. The van der Waals surface area contributed by atoms with Crippen molar-refractivity contribution in [3.63, 3.8) is 0 Å². The minimum Gasteiger partial charge on any atom is -0.333 e. The number of hydrogen-bond donors (Lipinski definition) is 0. The molecule has 0 unspecified atom stereocenters. The highest BCUT2D eigenvalue weighted by molar-refractivity contribution is 6.07. The standard InChI is InChI=1S/C31H47N3O2/c35-30(33(24-13-5-1-6-14-24)25-15-7-2-8-16-25)28-21-22-32-23-29(28)31(36)34(26-17-9-3-10-18-26)27-19-11-4-12-20-27/h21-27H,1-20H2. The molecule has 4 saturated carbocycles. The van der Waals surface area contributed by atoms with Gasteiger partial charge in [-0.15, -0.1) is 0 Å². The molecule has 0 radical (unpaired) electrons. The predicted molar refractivity (Wildman–Crippen MR) is 144 cm³/mol. The lowest BCUT2D eigenvalue weighted by molar-refractivity contribution is 0.0407. The van der Waals surface area contributed by atoms with Crippen molar-refractivity contribution in [2.45, 2.75) is 153 Å². The summed E-state index contributed by atoms with van der Waals surface area (Å²) in [7, 11) is 0. The Labute approximate surface area is 218 Å². The van der Waals surface area contributed by atoms with E-state index in [1.807, 2.05) is 6.07 Å². The lowest BCUT2D eigenvalue weighted by Crippen LogP contribution is -2.51. The molecule has 198 valence electrons. The Kier molecular flexibility index (Phi) is 8.97. The topological polar surface area (TPSA) is 53.5 Å². The molecule has 4 aliphatic rings. The van der Waals surface area contributed by atoms with Crippen molar-refractivity contribution >= 4 is 11.8 Å². The van der Waals surface area contributed by atoms with E-state index in [1.165, 1.54) is 77.0 Å². The van der Waals surface area contributed by atoms with E-state index in [0.717, 1.165) is 51.4 Å². The van der Waals surface area contributed by atoms with Crippen LogP contribution in [0, 0.1) is 0 Å². The van der Waals surface area contributed by atoms with Gasteiger partial charge in [0, 0.05) is 36.6 Å². The highest BCUT2D eigenvalue weighted by Gasteiger charge is 2.38. The molecule has 0 spiro atoms. The zero-order chi connectivity index (χ0) is 24.7. The molecule has 0 aromatic carbocycles. The van der Waals surface area contributed by atoms with Crippen LogP contribution in [-0.4, -0.2) is 50.8 Å². The fraction of sp³-hybridized carbons (Fsp3) is 0.774. The molecule has 2 amide bonds. The maximum Gasteiger partial charge on any atom is 0.256 e. The van der Waals surface area contributed by atoms with Crippen molar-refractivity contribution in [3.05, 3.63) is 29.6 Å². The number of amides is 2. The summed E-state index contributed by atoms with van der Waals surface area (Å²) >= 11 is 0. The fourth-order valence-corrected chi connectivity index (χ4v) is 7.73. The minimum atomic E-state index is 0.0671. The third kappa shape index (κ3) is 5.81. The molecule has 0 N–H and O–H groups in total. The first-order valence-corrected chi connectivity index (χ1v) is 15.3. The maximum atomic E-state index is 14.4. The average molecular weight is 494 g/mol. The number of nitrogens with zero attached hydrogens (tertiary/aromatic N) is 3. The molecule has 5 nitrogen and oxygen atoms in total. The molecule has 0 saturated heterocycles. The third-order valence-corrected chi connectivity index (χ3v) is 9.62. The average Bonchev–Trinajstić information content (AvgIpc) is 2.95. The molecule has 1 heterocycles. The van der Waals surface area contributed by atoms with Crippen molar-refractivity contribution < 1.29 is 9.59 Å². The summed E-state index contributed by atoms with van der Waals surface area (Å²) in [6.45, 7) is 0. The molecule has 1 aromatic rings. The summed E-state index contributed by atoms with van der Waals surface area (Å²) < 4.78 is 0. The van der Waals surface area contributed by atoms with Crippen LogP contribution >= 0.6 is 0 Å². The van der Waals surface area contributed by atoms with Crippen molar-refractivity contribution in [1.29, 1.82) is 0 Å². The first-order valence-electron chi connectivity index (χ1n) is 15.3. The van der Waals surface area contributed by atoms with Gasteiger partial charge in [0.25, 0.3) is 11.8 Å². The fourth-order valence-electron chi connectivity index (χ4n) is 7.73. The summed E-state index contributed by atoms with van der Waals surface area (Å²) in [6, 6.07) is 3.10. The van der Waals surface area contributed by atoms with Crippen molar-refractivity contribution in [2.75, 3.05) is 0 Å². The van der Waals surface area contributed by atoms with E-state index >= 15 is 0 Å². The maximum absolute atomic E-state index is 14.4. The van der Waals surface area contributed by atoms with Gasteiger partial charge in [0.2, 0.25) is 0 Å². The first kappa shape index (κ1) is 25.7. The van der Waals surface area contributed by atoms with Gasteiger partial charge in [-0.05, 0) is 57.4 Å². The Bertz CT molecular complexity index is 755. The van der Waals surface area contributed by atoms with Gasteiger partial charge in [0.1, 0.15) is 0 Å². The van der Waals surface area contributed by atoms with E-state index in [2.05, 4.69) is 14.8 Å². The molecular formula is C31H47N3O2. The molecular weight excluding hydrogens is 446 g/mol. The molecule has 4 aliphatic carbocycles. The third-order valence-electron chi connectivity index (χ3n) is 9.62. The van der Waals surface area contributed by atoms with Gasteiger partial charge >= 0.3 is 0 Å². The monoisotopic (exact) mass is 493 g/mol. The van der Waals surface area contributed by atoms with Crippen molar-refractivity contribution in [1.82, 2.24) is 14.8 Å². The zero-order valence-electron chi connectivity index (χ0n) is 22.3. The number of pyridine rings is 1. The van der Waals surface area contributed by atoms with Crippen LogP contribution in [0.25, 0.3) is 0 Å². The minimum absolute atomic E-state index is 0.0671. The van der Waals surface area contributed by atoms with Crippen LogP contribution in [0.2, 0.25) is 0 Å². The van der Waals surface area contributed by atoms with Gasteiger partial charge in [-0.25, -0.2) is 0 Å². The Morgan fingerprint density at radius 3 is 1.22 bits per heavy atom. The predicted octanol–water partition coefficient (Wildman–Crippen LogP) is 7.30. The summed E-state index contributed by atoms with van der Waals surface area (Å²) in [5.41, 5.74) is 1.15. The number of rotatable bonds is 6. The van der Waals surface area contributed by atoms with E-state index in [0.29, 0.717) is 35.3 Å². The molecule has 5 rings (SSSR count). The summed E-state index contributed by atoms with van der Waals surface area (Å²) in [6.07, 6.45) is 27.0. The summed E-state index contributed by atoms with van der Waals surface area (Å²) in [5.74, 6) is 0.157. The zero-order valence-corrected chi connectivity index (χ0v) is 22.3. The summed E-state index contributed by atoms with van der Waals surface area (Å²) in [5, 5.41) is 0. The molecule has 1 aromatic heterocycles. The molecule has 0 atom stereocenters. The quantitative estimate of drug-likeness (QED) is 0.418. The molecule has 0 aliphatic heterocycles. The number of carbonyl (C=O) groups is 2. The van der Waals surface area contributed by atoms with Gasteiger partial charge in [-0.2, -0.15) is 0 Å². The summed E-state index contributed by atoms with van der Waals surface area (Å²) in [4.78, 5) is 37.6. The van der Waals surface area contributed by atoms with E-state index in [4.69, 9.17) is 0 Å². The van der Waals surface area contributed by atoms with Gasteiger partial charge < -0.3 is 9.80 Å². The number of hydrogen-bond acceptors (Lipinski definition) is 3. The molecule has 36 heavy (non-hydrogen) atoms. The highest BCUT2D eigenvalue weighted by Crippen LogP contribution is 2.34. The van der Waals surface area contributed by atoms with Gasteiger partial charge in [0.15, 0.2) is 0 Å². The van der Waals surface area contributed by atoms with E-state index in [9.17, 15) is 9.59 Å². The van der Waals surface area contributed by atoms with Crippen LogP contribution in [0.5, 0.6) is 0 Å². The van der Waals surface area contributed by atoms with Crippen molar-refractivity contribution in [2.24, 2.45) is 0 Å². The van der Waals surface area contributed by atoms with Crippen LogP contribution in [0.3, 0.4) is 0 Å². The lowest BCUT2D eigenvalue weighted by Gasteiger charge is -2.43. The Hall–Kier alpha value is -1.91. The largest absolute Gasteiger partial charge is 0.333 e. The lowest BCUT2D eigenvalue weighted by atomic mass is 9.87. The second-order valence-electron chi connectivity index (χ2n) is 12.0. The van der Waals surface area contributed by atoms with Gasteiger partial charge in [0.05, 0.1) is 11.1 Å². The first-order chi connectivity index (χ1) is 17.7. The SMILES string of the molecule is O=C(c1ccncc1C(=O)N(C1CCCCC1)C1CCCCC1)N(C1CCCCC1)C1CCCCC1. The normalized spacial score (nSPS) is 23.3. The number of aromatic nitrogens is 1. The van der Waals surface area contributed by atoms with Crippen LogP contribution in [0.1, 0.15) is 149 Å². The van der Waals surface area contributed by atoms with E-state index in [1.54, 1.807) is 12.4 Å². The highest BCUT2D eigenvalue weighted by atomic mass is 16.2. The van der Waals surface area contributed by atoms with Gasteiger partial charge in [-0.3, -0.25) is 14.6 Å². The second-order valence-corrected chi connectivity index (χ2v) is 12.0. The van der Waals surface area contributed by atoms with Crippen LogP contribution < -0.4 is 0 Å². The Balaban J connectivity index is 1.46. The van der Waals surface area contributed by atoms with Crippen LogP contribution in [-0.2, 0) is 0 Å². The Morgan fingerprint density at radius 2 is 0.861 bits per heavy atom. The van der Waals surface area contributed by atoms with Crippen LogP contribution in [0.4, 0.5) is 0 Å². The van der Waals surface area contributed by atoms with E-state index < -0.39 is 0 Å². The smallest absolute Gasteiger partial charge is 0.256 e. The number of carbonyl (C=O) groups excluding carboxylic acids is 2. The van der Waals surface area contributed by atoms with E-state index in [-0.39, 0.29) is 11.8 Å². The van der Waals surface area contributed by atoms with Gasteiger partial charge in [-0.1, -0.05) is 77.0 Å². The van der Waals surface area contributed by atoms with Crippen LogP contribution in [0.15, 0.2) is 18.5 Å².